The van der Waals surface area contributed by atoms with E-state index in [4.69, 9.17) is 9.05 Å². The van der Waals surface area contributed by atoms with Crippen LogP contribution in [0.5, 0.6) is 0 Å². The lowest BCUT2D eigenvalue weighted by molar-refractivity contribution is 0.229. The van der Waals surface area contributed by atoms with Gasteiger partial charge >= 0.3 is 7.60 Å². The lowest BCUT2D eigenvalue weighted by Crippen LogP contribution is -2.14. The second-order valence-corrected chi connectivity index (χ2v) is 5.28. The highest BCUT2D eigenvalue weighted by Gasteiger charge is 2.29. The topological polar surface area (TPSA) is 35.5 Å². The average Bonchev–Trinajstić information content (AvgIpc) is 2.17. The molecule has 90 valence electrons. The van der Waals surface area contributed by atoms with E-state index in [-0.39, 0.29) is 18.5 Å². The smallest absolute Gasteiger partial charge is 0.305 e. The molecular weight excluding hydrogens is 230 g/mol. The summed E-state index contributed by atoms with van der Waals surface area (Å²) in [6, 6.07) is 4.46. The number of rotatable bonds is 5. The van der Waals surface area contributed by atoms with E-state index in [0.717, 1.165) is 5.56 Å². The lowest BCUT2D eigenvalue weighted by atomic mass is 10.2. The lowest BCUT2D eigenvalue weighted by Gasteiger charge is -2.17. The first-order chi connectivity index (χ1) is 7.53. The highest BCUT2D eigenvalue weighted by Crippen LogP contribution is 2.47. The van der Waals surface area contributed by atoms with Gasteiger partial charge < -0.3 is 9.05 Å². The molecule has 0 heterocycles. The summed E-state index contributed by atoms with van der Waals surface area (Å²) >= 11 is 0. The van der Waals surface area contributed by atoms with Gasteiger partial charge in [0.1, 0.15) is 5.82 Å². The molecule has 0 N–H and O–H groups in total. The summed E-state index contributed by atoms with van der Waals surface area (Å²) in [6.45, 7) is 5.57. The van der Waals surface area contributed by atoms with E-state index in [1.807, 2.05) is 0 Å². The van der Waals surface area contributed by atoms with Crippen molar-refractivity contribution in [3.8, 4) is 0 Å². The van der Waals surface area contributed by atoms with Crippen LogP contribution in [0.4, 0.5) is 4.39 Å². The van der Waals surface area contributed by atoms with Crippen LogP contribution in [0.15, 0.2) is 18.2 Å². The van der Waals surface area contributed by atoms with Gasteiger partial charge in [-0.3, -0.25) is 4.57 Å². The van der Waals surface area contributed by atoms with Crippen molar-refractivity contribution >= 4 is 12.9 Å². The zero-order chi connectivity index (χ0) is 12.2. The molecular formula is C11H16FO3P. The molecule has 0 aliphatic heterocycles. The normalized spacial score (nSPS) is 11.8. The monoisotopic (exact) mass is 246 g/mol. The Morgan fingerprint density at radius 2 is 1.81 bits per heavy atom. The van der Waals surface area contributed by atoms with Crippen molar-refractivity contribution in [2.24, 2.45) is 0 Å². The molecule has 0 saturated carbocycles. The number of hydrogen-bond donors (Lipinski definition) is 0. The fraction of sp³-hybridized carbons (Fsp3) is 0.455. The third-order valence-electron chi connectivity index (χ3n) is 2.00. The van der Waals surface area contributed by atoms with E-state index in [1.165, 1.54) is 12.1 Å². The van der Waals surface area contributed by atoms with Gasteiger partial charge in [-0.05, 0) is 38.5 Å². The second-order valence-electron chi connectivity index (χ2n) is 3.29. The number of hydrogen-bond acceptors (Lipinski definition) is 3. The summed E-state index contributed by atoms with van der Waals surface area (Å²) in [5, 5.41) is 0.00167. The zero-order valence-corrected chi connectivity index (χ0v) is 10.6. The van der Waals surface area contributed by atoms with Crippen molar-refractivity contribution in [3.63, 3.8) is 0 Å². The number of benzene rings is 1. The Kier molecular flexibility index (Phi) is 4.66. The van der Waals surface area contributed by atoms with Crippen LogP contribution in [-0.4, -0.2) is 13.2 Å². The molecule has 0 saturated heterocycles. The fourth-order valence-electron chi connectivity index (χ4n) is 1.35. The standard InChI is InChI=1S/C11H16FO3P/c1-4-14-16(13,15-5-2)11-7-6-9(3)8-10(11)12/h6-8H,4-5H2,1-3H3. The van der Waals surface area contributed by atoms with E-state index in [0.29, 0.717) is 0 Å². The molecule has 0 atom stereocenters. The van der Waals surface area contributed by atoms with Gasteiger partial charge in [-0.2, -0.15) is 0 Å². The van der Waals surface area contributed by atoms with Crippen molar-refractivity contribution in [2.75, 3.05) is 13.2 Å². The molecule has 0 aliphatic rings. The molecule has 1 aromatic carbocycles. The van der Waals surface area contributed by atoms with Crippen LogP contribution in [0.1, 0.15) is 19.4 Å². The first-order valence-electron chi connectivity index (χ1n) is 5.19. The van der Waals surface area contributed by atoms with Crippen molar-refractivity contribution in [1.29, 1.82) is 0 Å². The second kappa shape index (κ2) is 5.58. The van der Waals surface area contributed by atoms with Gasteiger partial charge in [-0.1, -0.05) is 6.07 Å². The third kappa shape index (κ3) is 2.91. The summed E-state index contributed by atoms with van der Waals surface area (Å²) < 4.78 is 36.1. The van der Waals surface area contributed by atoms with Gasteiger partial charge in [0.2, 0.25) is 0 Å². The van der Waals surface area contributed by atoms with Crippen LogP contribution in [0.25, 0.3) is 0 Å². The Balaban J connectivity index is 3.15. The highest BCUT2D eigenvalue weighted by molar-refractivity contribution is 7.62. The van der Waals surface area contributed by atoms with Crippen molar-refractivity contribution in [2.45, 2.75) is 20.8 Å². The Bertz CT molecular complexity index is 396. The average molecular weight is 246 g/mol. The van der Waals surface area contributed by atoms with Gasteiger partial charge in [0.25, 0.3) is 0 Å². The minimum absolute atomic E-state index is 0.00167. The van der Waals surface area contributed by atoms with Crippen LogP contribution in [0, 0.1) is 12.7 Å². The maximum Gasteiger partial charge on any atom is 0.364 e. The maximum atomic E-state index is 13.7. The fourth-order valence-corrected chi connectivity index (χ4v) is 2.97. The molecule has 5 heteroatoms. The van der Waals surface area contributed by atoms with Crippen LogP contribution >= 0.6 is 7.60 Å². The molecule has 16 heavy (non-hydrogen) atoms. The van der Waals surface area contributed by atoms with Gasteiger partial charge in [-0.15, -0.1) is 0 Å². The Morgan fingerprint density at radius 1 is 1.25 bits per heavy atom. The third-order valence-corrected chi connectivity index (χ3v) is 4.15. The van der Waals surface area contributed by atoms with E-state index >= 15 is 0 Å². The van der Waals surface area contributed by atoms with E-state index in [1.54, 1.807) is 26.8 Å². The molecule has 0 spiro atoms. The summed E-state index contributed by atoms with van der Waals surface area (Å²) in [4.78, 5) is 0. The van der Waals surface area contributed by atoms with E-state index < -0.39 is 13.4 Å². The quantitative estimate of drug-likeness (QED) is 0.749. The first kappa shape index (κ1) is 13.4. The molecule has 0 bridgehead atoms. The van der Waals surface area contributed by atoms with Crippen LogP contribution in [-0.2, 0) is 13.6 Å². The number of halogens is 1. The first-order valence-corrected chi connectivity index (χ1v) is 6.73. The Morgan fingerprint density at radius 3 is 2.25 bits per heavy atom. The van der Waals surface area contributed by atoms with Gasteiger partial charge in [-0.25, -0.2) is 4.39 Å². The summed E-state index contributed by atoms with van der Waals surface area (Å²) in [5.41, 5.74) is 0.765. The molecule has 0 amide bonds. The minimum atomic E-state index is -3.50. The predicted octanol–water partition coefficient (Wildman–Crippen LogP) is 3.03. The molecule has 0 unspecified atom stereocenters. The largest absolute Gasteiger partial charge is 0.364 e. The van der Waals surface area contributed by atoms with Crippen LogP contribution < -0.4 is 5.30 Å². The van der Waals surface area contributed by atoms with Crippen molar-refractivity contribution in [3.05, 3.63) is 29.6 Å². The van der Waals surface area contributed by atoms with Crippen LogP contribution in [0.2, 0.25) is 0 Å². The highest BCUT2D eigenvalue weighted by atomic mass is 31.2. The van der Waals surface area contributed by atoms with Crippen molar-refractivity contribution < 1.29 is 18.0 Å². The summed E-state index contributed by atoms with van der Waals surface area (Å²) in [6.07, 6.45) is 0. The minimum Gasteiger partial charge on any atom is -0.305 e. The summed E-state index contributed by atoms with van der Waals surface area (Å²) in [7, 11) is -3.50. The maximum absolute atomic E-state index is 13.7. The SMILES string of the molecule is CCOP(=O)(OCC)c1ccc(C)cc1F. The van der Waals surface area contributed by atoms with Gasteiger partial charge in [0, 0.05) is 0 Å². The molecule has 0 radical (unpaired) electrons. The van der Waals surface area contributed by atoms with E-state index in [2.05, 4.69) is 0 Å². The Labute approximate surface area is 95.1 Å². The molecule has 0 aliphatic carbocycles. The van der Waals surface area contributed by atoms with Crippen LogP contribution in [0.3, 0.4) is 0 Å². The molecule has 1 aromatic rings. The number of aryl methyl sites for hydroxylation is 1. The van der Waals surface area contributed by atoms with E-state index in [9.17, 15) is 8.96 Å². The predicted molar refractivity (Wildman–Crippen MR) is 61.6 cm³/mol. The molecule has 3 nitrogen and oxygen atoms in total. The zero-order valence-electron chi connectivity index (χ0n) is 9.70. The van der Waals surface area contributed by atoms with Gasteiger partial charge in [0.05, 0.1) is 18.5 Å². The molecule has 0 fully saturated rings. The van der Waals surface area contributed by atoms with Gasteiger partial charge in [0.15, 0.2) is 0 Å². The molecule has 1 rings (SSSR count). The molecule has 0 aromatic heterocycles. The van der Waals surface area contributed by atoms with Crippen molar-refractivity contribution in [1.82, 2.24) is 0 Å². The Hall–Kier alpha value is -0.700. The summed E-state index contributed by atoms with van der Waals surface area (Å²) in [5.74, 6) is -0.551.